The average Bonchev–Trinajstić information content (AvgIpc) is 2.28. The maximum absolute atomic E-state index is 10.6. The molecule has 0 aromatic carbocycles. The van der Waals surface area contributed by atoms with Crippen LogP contribution in [-0.2, 0) is 0 Å². The number of aromatic nitrogens is 1. The van der Waals surface area contributed by atoms with Crippen molar-refractivity contribution < 1.29 is 10.0 Å². The number of nitrogens with zero attached hydrogens (tertiary/aromatic N) is 2. The van der Waals surface area contributed by atoms with E-state index in [1.807, 2.05) is 13.8 Å². The van der Waals surface area contributed by atoms with E-state index in [1.54, 1.807) is 13.0 Å². The molecule has 0 amide bonds. The van der Waals surface area contributed by atoms with E-state index >= 15 is 0 Å². The largest absolute Gasteiger partial charge is 0.394 e. The third-order valence-corrected chi connectivity index (χ3v) is 2.81. The summed E-state index contributed by atoms with van der Waals surface area (Å²) in [7, 11) is 0. The summed E-state index contributed by atoms with van der Waals surface area (Å²) in [5.41, 5.74) is -0.107. The number of rotatable bonds is 5. The summed E-state index contributed by atoms with van der Waals surface area (Å²) in [6.45, 7) is 5.37. The fourth-order valence-corrected chi connectivity index (χ4v) is 1.37. The third kappa shape index (κ3) is 3.13. The molecule has 0 saturated heterocycles. The summed E-state index contributed by atoms with van der Waals surface area (Å²) >= 11 is 0. The second-order valence-corrected chi connectivity index (χ2v) is 4.26. The van der Waals surface area contributed by atoms with Crippen molar-refractivity contribution in [1.29, 1.82) is 0 Å². The van der Waals surface area contributed by atoms with Crippen LogP contribution in [0.5, 0.6) is 0 Å². The number of hydrogen-bond donors (Lipinski definition) is 2. The van der Waals surface area contributed by atoms with Crippen LogP contribution in [0, 0.1) is 17.0 Å². The van der Waals surface area contributed by atoms with Gasteiger partial charge in [-0.1, -0.05) is 6.92 Å². The molecule has 0 aliphatic carbocycles. The van der Waals surface area contributed by atoms with Gasteiger partial charge < -0.3 is 10.4 Å². The lowest BCUT2D eigenvalue weighted by molar-refractivity contribution is -0.385. The second-order valence-electron chi connectivity index (χ2n) is 4.26. The van der Waals surface area contributed by atoms with Crippen molar-refractivity contribution in [2.24, 2.45) is 0 Å². The van der Waals surface area contributed by atoms with Gasteiger partial charge in [0.1, 0.15) is 11.5 Å². The molecule has 0 radical (unpaired) electrons. The molecule has 0 bridgehead atoms. The van der Waals surface area contributed by atoms with Crippen molar-refractivity contribution in [3.63, 3.8) is 0 Å². The van der Waals surface area contributed by atoms with Gasteiger partial charge in [-0.05, 0) is 26.3 Å². The van der Waals surface area contributed by atoms with E-state index in [-0.39, 0.29) is 12.3 Å². The number of aliphatic hydroxyl groups excluding tert-OH is 1. The van der Waals surface area contributed by atoms with Crippen LogP contribution in [-0.4, -0.2) is 27.2 Å². The molecule has 0 saturated carbocycles. The van der Waals surface area contributed by atoms with Crippen LogP contribution in [0.15, 0.2) is 12.1 Å². The molecule has 6 nitrogen and oxygen atoms in total. The van der Waals surface area contributed by atoms with Crippen molar-refractivity contribution in [1.82, 2.24) is 4.98 Å². The maximum Gasteiger partial charge on any atom is 0.290 e. The Hall–Kier alpha value is -1.69. The minimum absolute atomic E-state index is 0.00208. The van der Waals surface area contributed by atoms with Gasteiger partial charge in [0, 0.05) is 6.07 Å². The summed E-state index contributed by atoms with van der Waals surface area (Å²) in [4.78, 5) is 14.3. The zero-order valence-electron chi connectivity index (χ0n) is 10.2. The van der Waals surface area contributed by atoms with Gasteiger partial charge >= 0.3 is 0 Å². The Kier molecular flexibility index (Phi) is 4.01. The molecular formula is C11H17N3O3. The van der Waals surface area contributed by atoms with Crippen LogP contribution in [0.25, 0.3) is 0 Å². The molecule has 1 rings (SSSR count). The van der Waals surface area contributed by atoms with E-state index in [4.69, 9.17) is 0 Å². The molecule has 1 aromatic rings. The molecule has 0 aliphatic rings. The highest BCUT2D eigenvalue weighted by Gasteiger charge is 2.22. The first-order valence-electron chi connectivity index (χ1n) is 5.43. The Labute approximate surface area is 99.8 Å². The lowest BCUT2D eigenvalue weighted by atomic mass is 10.0. The van der Waals surface area contributed by atoms with Crippen LogP contribution in [0.4, 0.5) is 11.5 Å². The topological polar surface area (TPSA) is 88.3 Å². The second kappa shape index (κ2) is 5.09. The summed E-state index contributed by atoms with van der Waals surface area (Å²) in [5.74, 6) is 0.534. The smallest absolute Gasteiger partial charge is 0.290 e. The van der Waals surface area contributed by atoms with Crippen LogP contribution in [0.3, 0.4) is 0 Å². The number of anilines is 1. The maximum atomic E-state index is 10.6. The zero-order chi connectivity index (χ0) is 13.1. The lowest BCUT2D eigenvalue weighted by Crippen LogP contribution is -2.38. The van der Waals surface area contributed by atoms with E-state index in [9.17, 15) is 15.2 Å². The number of aliphatic hydroxyl groups is 1. The third-order valence-electron chi connectivity index (χ3n) is 2.81. The van der Waals surface area contributed by atoms with E-state index in [0.29, 0.717) is 11.5 Å². The van der Waals surface area contributed by atoms with Gasteiger partial charge in [-0.2, -0.15) is 0 Å². The molecule has 2 N–H and O–H groups in total. The van der Waals surface area contributed by atoms with Crippen molar-refractivity contribution in [2.45, 2.75) is 32.7 Å². The average molecular weight is 239 g/mol. The fraction of sp³-hybridized carbons (Fsp3) is 0.545. The first-order valence-corrected chi connectivity index (χ1v) is 5.43. The minimum atomic E-state index is -0.463. The van der Waals surface area contributed by atoms with Crippen molar-refractivity contribution >= 4 is 11.5 Å². The van der Waals surface area contributed by atoms with Gasteiger partial charge in [0.25, 0.3) is 5.69 Å². The molecule has 0 spiro atoms. The van der Waals surface area contributed by atoms with E-state index in [1.165, 1.54) is 6.07 Å². The van der Waals surface area contributed by atoms with Crippen molar-refractivity contribution in [3.05, 3.63) is 27.9 Å². The molecule has 0 aliphatic heterocycles. The number of aryl methyl sites for hydroxylation is 1. The SMILES string of the molecule is CCC(C)(CO)Nc1ccc([N+](=O)[O-])c(C)n1. The summed E-state index contributed by atoms with van der Waals surface area (Å²) in [5, 5.41) is 23.0. The fourth-order valence-electron chi connectivity index (χ4n) is 1.37. The summed E-state index contributed by atoms with van der Waals surface area (Å²) < 4.78 is 0. The standard InChI is InChI=1S/C11H17N3O3/c1-4-11(3,7-15)13-10-6-5-9(14(16)17)8(2)12-10/h5-6,15H,4,7H2,1-3H3,(H,12,13). The lowest BCUT2D eigenvalue weighted by Gasteiger charge is -2.27. The van der Waals surface area contributed by atoms with Gasteiger partial charge in [-0.3, -0.25) is 10.1 Å². The monoisotopic (exact) mass is 239 g/mol. The highest BCUT2D eigenvalue weighted by Crippen LogP contribution is 2.21. The van der Waals surface area contributed by atoms with E-state index < -0.39 is 10.5 Å². The number of nitro groups is 1. The van der Waals surface area contributed by atoms with Crippen LogP contribution in [0.2, 0.25) is 0 Å². The van der Waals surface area contributed by atoms with Crippen LogP contribution < -0.4 is 5.32 Å². The minimum Gasteiger partial charge on any atom is -0.394 e. The van der Waals surface area contributed by atoms with E-state index in [2.05, 4.69) is 10.3 Å². The Morgan fingerprint density at radius 1 is 1.59 bits per heavy atom. The van der Waals surface area contributed by atoms with Gasteiger partial charge in [0.05, 0.1) is 17.1 Å². The molecule has 0 fully saturated rings. The molecule has 17 heavy (non-hydrogen) atoms. The molecule has 1 aromatic heterocycles. The molecule has 1 heterocycles. The highest BCUT2D eigenvalue weighted by molar-refractivity contribution is 5.46. The highest BCUT2D eigenvalue weighted by atomic mass is 16.6. The quantitative estimate of drug-likeness (QED) is 0.605. The first kappa shape index (κ1) is 13.4. The van der Waals surface area contributed by atoms with Gasteiger partial charge in [-0.15, -0.1) is 0 Å². The van der Waals surface area contributed by atoms with Crippen LogP contribution >= 0.6 is 0 Å². The van der Waals surface area contributed by atoms with Gasteiger partial charge in [0.15, 0.2) is 0 Å². The summed E-state index contributed by atoms with van der Waals surface area (Å²) in [6, 6.07) is 2.97. The normalized spacial score (nSPS) is 14.1. The zero-order valence-corrected chi connectivity index (χ0v) is 10.2. The molecule has 94 valence electrons. The molecule has 6 heteroatoms. The molecule has 1 atom stereocenters. The predicted octanol–water partition coefficient (Wildman–Crippen LogP) is 1.87. The van der Waals surface area contributed by atoms with Gasteiger partial charge in [-0.25, -0.2) is 4.98 Å². The van der Waals surface area contributed by atoms with Crippen molar-refractivity contribution in [3.8, 4) is 0 Å². The Morgan fingerprint density at radius 2 is 2.24 bits per heavy atom. The van der Waals surface area contributed by atoms with Crippen molar-refractivity contribution in [2.75, 3.05) is 11.9 Å². The predicted molar refractivity (Wildman–Crippen MR) is 65.0 cm³/mol. The van der Waals surface area contributed by atoms with Gasteiger partial charge in [0.2, 0.25) is 0 Å². The Balaban J connectivity index is 2.95. The number of hydrogen-bond acceptors (Lipinski definition) is 5. The molecular weight excluding hydrogens is 222 g/mol. The molecule has 1 unspecified atom stereocenters. The summed E-state index contributed by atoms with van der Waals surface area (Å²) in [6.07, 6.45) is 0.723. The Morgan fingerprint density at radius 3 is 2.65 bits per heavy atom. The number of pyridine rings is 1. The number of nitrogens with one attached hydrogen (secondary N) is 1. The Bertz CT molecular complexity index is 416. The first-order chi connectivity index (χ1) is 7.91. The van der Waals surface area contributed by atoms with E-state index in [0.717, 1.165) is 6.42 Å². The van der Waals surface area contributed by atoms with Crippen LogP contribution in [0.1, 0.15) is 26.0 Å².